The average Bonchev–Trinajstić information content (AvgIpc) is 2.54. The molecule has 0 fully saturated rings. The minimum atomic E-state index is -1.08. The number of carbonyl (C=O) groups is 1. The molecule has 128 valence electrons. The minimum Gasteiger partial charge on any atom is -0.421 e. The lowest BCUT2D eigenvalue weighted by atomic mass is 10.1. The second-order valence-electron chi connectivity index (χ2n) is 5.43. The molecule has 0 radical (unpaired) electrons. The molecular formula is C16H20N4O4. The van der Waals surface area contributed by atoms with Crippen molar-refractivity contribution in [3.63, 3.8) is 0 Å². The zero-order chi connectivity index (χ0) is 17.9. The molecule has 1 heterocycles. The Labute approximate surface area is 138 Å². The number of anilines is 1. The first-order valence-electron chi connectivity index (χ1n) is 7.52. The zero-order valence-corrected chi connectivity index (χ0v) is 13.8. The Morgan fingerprint density at radius 1 is 1.25 bits per heavy atom. The van der Waals surface area contributed by atoms with Crippen LogP contribution >= 0.6 is 0 Å². The van der Waals surface area contributed by atoms with Gasteiger partial charge in [-0.15, -0.1) is 0 Å². The quantitative estimate of drug-likeness (QED) is 0.603. The van der Waals surface area contributed by atoms with Crippen LogP contribution in [0, 0.1) is 13.8 Å². The summed E-state index contributed by atoms with van der Waals surface area (Å²) in [6.07, 6.45) is 0. The second-order valence-corrected chi connectivity index (χ2v) is 5.43. The van der Waals surface area contributed by atoms with Crippen LogP contribution in [0.2, 0.25) is 0 Å². The van der Waals surface area contributed by atoms with Crippen molar-refractivity contribution in [2.45, 2.75) is 27.3 Å². The third-order valence-electron chi connectivity index (χ3n) is 3.69. The summed E-state index contributed by atoms with van der Waals surface area (Å²) in [6.45, 7) is 6.32. The van der Waals surface area contributed by atoms with Crippen LogP contribution < -0.4 is 21.9 Å². The first-order valence-corrected chi connectivity index (χ1v) is 7.52. The molecule has 0 unspecified atom stereocenters. The first-order chi connectivity index (χ1) is 11.3. The van der Waals surface area contributed by atoms with Crippen LogP contribution in [0.15, 0.2) is 27.8 Å². The van der Waals surface area contributed by atoms with Gasteiger partial charge in [-0.1, -0.05) is 22.9 Å². The topological polar surface area (TPSA) is 116 Å². The SMILES string of the molecule is CCNc1[nH]c(=O)n(O)c(=O)c1C(=O)NCc1ccc(C)c(C)c1. The summed E-state index contributed by atoms with van der Waals surface area (Å²) in [5.74, 6) is -0.705. The van der Waals surface area contributed by atoms with Crippen molar-refractivity contribution in [3.05, 3.63) is 61.3 Å². The van der Waals surface area contributed by atoms with Gasteiger partial charge in [0, 0.05) is 13.1 Å². The Bertz CT molecular complexity index is 883. The summed E-state index contributed by atoms with van der Waals surface area (Å²) in [5, 5.41) is 14.8. The fourth-order valence-corrected chi connectivity index (χ4v) is 2.23. The minimum absolute atomic E-state index is 0.0182. The molecule has 0 aliphatic carbocycles. The van der Waals surface area contributed by atoms with E-state index in [0.29, 0.717) is 6.54 Å². The van der Waals surface area contributed by atoms with E-state index in [9.17, 15) is 19.6 Å². The van der Waals surface area contributed by atoms with Gasteiger partial charge in [-0.05, 0) is 37.5 Å². The lowest BCUT2D eigenvalue weighted by Gasteiger charge is -2.11. The van der Waals surface area contributed by atoms with E-state index in [1.807, 2.05) is 32.0 Å². The molecule has 2 aromatic rings. The monoisotopic (exact) mass is 332 g/mol. The summed E-state index contributed by atoms with van der Waals surface area (Å²) in [5.41, 5.74) is 0.682. The van der Waals surface area contributed by atoms with Crippen molar-refractivity contribution >= 4 is 11.7 Å². The Morgan fingerprint density at radius 3 is 2.58 bits per heavy atom. The van der Waals surface area contributed by atoms with Gasteiger partial charge in [0.15, 0.2) is 0 Å². The highest BCUT2D eigenvalue weighted by Gasteiger charge is 2.20. The van der Waals surface area contributed by atoms with Crippen LogP contribution in [0.4, 0.5) is 5.82 Å². The number of amides is 1. The predicted octanol–water partition coefficient (Wildman–Crippen LogP) is 0.753. The number of hydrogen-bond acceptors (Lipinski definition) is 5. The van der Waals surface area contributed by atoms with Crippen LogP contribution in [0.25, 0.3) is 0 Å². The number of rotatable bonds is 5. The van der Waals surface area contributed by atoms with Crippen LogP contribution in [0.3, 0.4) is 0 Å². The standard InChI is InChI=1S/C16H20N4O4/c1-4-17-13-12(15(22)20(24)16(23)19-13)14(21)18-8-11-6-5-9(2)10(3)7-11/h5-7,17,24H,4,8H2,1-3H3,(H,18,21)(H,19,23). The molecule has 1 amide bonds. The van der Waals surface area contributed by atoms with E-state index >= 15 is 0 Å². The fraction of sp³-hybridized carbons (Fsp3) is 0.312. The number of carbonyl (C=O) groups excluding carboxylic acids is 1. The number of aromatic amines is 1. The van der Waals surface area contributed by atoms with Crippen LogP contribution in [0.1, 0.15) is 34.0 Å². The van der Waals surface area contributed by atoms with Crippen LogP contribution in [0.5, 0.6) is 0 Å². The van der Waals surface area contributed by atoms with Gasteiger partial charge >= 0.3 is 11.2 Å². The zero-order valence-electron chi connectivity index (χ0n) is 13.8. The maximum Gasteiger partial charge on any atom is 0.363 e. The van der Waals surface area contributed by atoms with Gasteiger partial charge in [-0.3, -0.25) is 14.6 Å². The molecule has 2 rings (SSSR count). The lowest BCUT2D eigenvalue weighted by Crippen LogP contribution is -2.41. The normalized spacial score (nSPS) is 10.5. The number of nitrogens with one attached hydrogen (secondary N) is 3. The molecule has 0 saturated carbocycles. The van der Waals surface area contributed by atoms with Crippen molar-refractivity contribution in [3.8, 4) is 0 Å². The molecule has 0 atom stereocenters. The first kappa shape index (κ1) is 17.3. The van der Waals surface area contributed by atoms with Gasteiger partial charge in [0.25, 0.3) is 5.91 Å². The number of aromatic nitrogens is 2. The largest absolute Gasteiger partial charge is 0.421 e. The fourth-order valence-electron chi connectivity index (χ4n) is 2.23. The molecule has 0 aliphatic rings. The Kier molecular flexibility index (Phi) is 5.08. The smallest absolute Gasteiger partial charge is 0.363 e. The number of hydrogen-bond donors (Lipinski definition) is 4. The van der Waals surface area contributed by atoms with E-state index in [-0.39, 0.29) is 22.7 Å². The summed E-state index contributed by atoms with van der Waals surface area (Å²) in [6, 6.07) is 5.77. The summed E-state index contributed by atoms with van der Waals surface area (Å²) < 4.78 is -0.119. The van der Waals surface area contributed by atoms with Gasteiger partial charge in [0.05, 0.1) is 0 Å². The van der Waals surface area contributed by atoms with Crippen molar-refractivity contribution in [1.82, 2.24) is 15.0 Å². The molecule has 24 heavy (non-hydrogen) atoms. The van der Waals surface area contributed by atoms with Crippen molar-refractivity contribution < 1.29 is 10.0 Å². The maximum atomic E-state index is 12.4. The van der Waals surface area contributed by atoms with E-state index in [1.165, 1.54) is 0 Å². The Hall–Kier alpha value is -3.03. The number of H-pyrrole nitrogens is 1. The van der Waals surface area contributed by atoms with Gasteiger partial charge in [-0.25, -0.2) is 4.79 Å². The lowest BCUT2D eigenvalue weighted by molar-refractivity contribution is 0.0940. The van der Waals surface area contributed by atoms with Crippen molar-refractivity contribution in [2.24, 2.45) is 0 Å². The summed E-state index contributed by atoms with van der Waals surface area (Å²) in [4.78, 5) is 38.1. The number of benzene rings is 1. The highest BCUT2D eigenvalue weighted by molar-refractivity contribution is 5.98. The number of nitrogens with zero attached hydrogens (tertiary/aromatic N) is 1. The molecule has 1 aromatic heterocycles. The molecule has 1 aromatic carbocycles. The molecule has 8 nitrogen and oxygen atoms in total. The Balaban J connectivity index is 2.29. The highest BCUT2D eigenvalue weighted by Crippen LogP contribution is 2.10. The van der Waals surface area contributed by atoms with Gasteiger partial charge in [-0.2, -0.15) is 0 Å². The molecule has 8 heteroatoms. The van der Waals surface area contributed by atoms with Gasteiger partial charge in [0.1, 0.15) is 11.4 Å². The molecule has 0 saturated heterocycles. The molecule has 0 bridgehead atoms. The van der Waals surface area contributed by atoms with Crippen LogP contribution in [-0.2, 0) is 6.54 Å². The summed E-state index contributed by atoms with van der Waals surface area (Å²) >= 11 is 0. The predicted molar refractivity (Wildman–Crippen MR) is 89.8 cm³/mol. The van der Waals surface area contributed by atoms with Crippen LogP contribution in [-0.4, -0.2) is 27.4 Å². The van der Waals surface area contributed by atoms with E-state index < -0.39 is 17.2 Å². The van der Waals surface area contributed by atoms with E-state index in [1.54, 1.807) is 6.92 Å². The second kappa shape index (κ2) is 7.03. The molecule has 0 aliphatic heterocycles. The highest BCUT2D eigenvalue weighted by atomic mass is 16.5. The van der Waals surface area contributed by atoms with Gasteiger partial charge in [0.2, 0.25) is 0 Å². The molecule has 0 spiro atoms. The van der Waals surface area contributed by atoms with E-state index in [2.05, 4.69) is 15.6 Å². The van der Waals surface area contributed by atoms with E-state index in [4.69, 9.17) is 0 Å². The molecular weight excluding hydrogens is 312 g/mol. The van der Waals surface area contributed by atoms with Crippen molar-refractivity contribution in [1.29, 1.82) is 0 Å². The molecule has 4 N–H and O–H groups in total. The van der Waals surface area contributed by atoms with Crippen molar-refractivity contribution in [2.75, 3.05) is 11.9 Å². The third-order valence-corrected chi connectivity index (χ3v) is 3.69. The van der Waals surface area contributed by atoms with Gasteiger partial charge < -0.3 is 15.8 Å². The number of aryl methyl sites for hydroxylation is 2. The average molecular weight is 332 g/mol. The van der Waals surface area contributed by atoms with E-state index in [0.717, 1.165) is 16.7 Å². The third kappa shape index (κ3) is 3.48. The Morgan fingerprint density at radius 2 is 1.96 bits per heavy atom. The summed E-state index contributed by atoms with van der Waals surface area (Å²) in [7, 11) is 0. The maximum absolute atomic E-state index is 12.4.